The lowest BCUT2D eigenvalue weighted by Crippen LogP contribution is -2.30. The van der Waals surface area contributed by atoms with Gasteiger partial charge < -0.3 is 4.74 Å². The maximum Gasteiger partial charge on any atom is 0.309 e. The second kappa shape index (κ2) is 11.3. The van der Waals surface area contributed by atoms with E-state index in [4.69, 9.17) is 10.00 Å². The van der Waals surface area contributed by atoms with Gasteiger partial charge in [-0.2, -0.15) is 5.26 Å². The molecule has 2 fully saturated rings. The molecular weight excluding hydrogens is 310 g/mol. The first-order chi connectivity index (χ1) is 12.2. The third-order valence-corrected chi connectivity index (χ3v) is 6.16. The quantitative estimate of drug-likeness (QED) is 0.404. The van der Waals surface area contributed by atoms with Crippen LogP contribution in [0, 0.1) is 29.1 Å². The van der Waals surface area contributed by atoms with Crippen LogP contribution in [0.3, 0.4) is 0 Å². The van der Waals surface area contributed by atoms with Gasteiger partial charge in [-0.1, -0.05) is 32.3 Å². The van der Waals surface area contributed by atoms with Gasteiger partial charge >= 0.3 is 5.97 Å². The Bertz CT molecular complexity index is 449. The summed E-state index contributed by atoms with van der Waals surface area (Å²) in [6.07, 6.45) is 18.6. The lowest BCUT2D eigenvalue weighted by atomic mass is 9.79. The van der Waals surface area contributed by atoms with Gasteiger partial charge in [-0.15, -0.1) is 0 Å². The van der Waals surface area contributed by atoms with Crippen molar-refractivity contribution in [1.29, 1.82) is 5.26 Å². The molecule has 140 valence electrons. The molecule has 0 aromatic carbocycles. The fourth-order valence-corrected chi connectivity index (χ4v) is 4.45. The monoisotopic (exact) mass is 345 g/mol. The first-order valence-electron chi connectivity index (χ1n) is 10.5. The lowest BCUT2D eigenvalue weighted by Gasteiger charge is -2.31. The Balaban J connectivity index is 1.61. The number of nitriles is 1. The van der Waals surface area contributed by atoms with Crippen LogP contribution in [0.4, 0.5) is 0 Å². The van der Waals surface area contributed by atoms with Gasteiger partial charge in [0, 0.05) is 6.08 Å². The molecule has 3 heteroatoms. The summed E-state index contributed by atoms with van der Waals surface area (Å²) >= 11 is 0. The van der Waals surface area contributed by atoms with Gasteiger partial charge in [-0.3, -0.25) is 4.79 Å². The van der Waals surface area contributed by atoms with Gasteiger partial charge in [-0.25, -0.2) is 0 Å². The van der Waals surface area contributed by atoms with Crippen molar-refractivity contribution in [2.75, 3.05) is 0 Å². The highest BCUT2D eigenvalue weighted by Gasteiger charge is 2.30. The van der Waals surface area contributed by atoms with Crippen LogP contribution in [0.1, 0.15) is 90.4 Å². The molecule has 0 heterocycles. The standard InChI is InChI=1S/C22H35NO2/c1-2-3-7-18-9-13-20(14-10-18)22(24)25-21-15-11-19(12-16-21)8-5-4-6-17-23/h4,6,18-21H,2-3,5,7-16H2,1H3/b6-4+. The van der Waals surface area contributed by atoms with Crippen LogP contribution >= 0.6 is 0 Å². The van der Waals surface area contributed by atoms with E-state index in [1.54, 1.807) is 6.08 Å². The molecular formula is C22H35NO2. The van der Waals surface area contributed by atoms with Crippen LogP contribution in [0.15, 0.2) is 12.2 Å². The molecule has 0 aliphatic heterocycles. The number of hydrogen-bond acceptors (Lipinski definition) is 3. The smallest absolute Gasteiger partial charge is 0.309 e. The van der Waals surface area contributed by atoms with Gasteiger partial charge in [0.05, 0.1) is 12.0 Å². The van der Waals surface area contributed by atoms with Crippen LogP contribution in [0.25, 0.3) is 0 Å². The van der Waals surface area contributed by atoms with E-state index in [1.807, 2.05) is 12.1 Å². The van der Waals surface area contributed by atoms with Gasteiger partial charge in [0.2, 0.25) is 0 Å². The third-order valence-electron chi connectivity index (χ3n) is 6.16. The molecule has 0 radical (unpaired) electrons. The largest absolute Gasteiger partial charge is 0.462 e. The van der Waals surface area contributed by atoms with Gasteiger partial charge in [0.15, 0.2) is 0 Å². The second-order valence-corrected chi connectivity index (χ2v) is 8.05. The van der Waals surface area contributed by atoms with Crippen molar-refractivity contribution in [3.8, 4) is 6.07 Å². The predicted molar refractivity (Wildman–Crippen MR) is 101 cm³/mol. The lowest BCUT2D eigenvalue weighted by molar-refractivity contribution is -0.157. The van der Waals surface area contributed by atoms with E-state index in [2.05, 4.69) is 6.92 Å². The molecule has 0 atom stereocenters. The van der Waals surface area contributed by atoms with Crippen LogP contribution in [0.2, 0.25) is 0 Å². The molecule has 0 unspecified atom stereocenters. The number of nitrogens with zero attached hydrogens (tertiary/aromatic N) is 1. The topological polar surface area (TPSA) is 50.1 Å². The first kappa shape index (κ1) is 20.0. The normalized spacial score (nSPS) is 30.1. The average Bonchev–Trinajstić information content (AvgIpc) is 2.65. The zero-order valence-corrected chi connectivity index (χ0v) is 15.9. The third kappa shape index (κ3) is 7.22. The van der Waals surface area contributed by atoms with Crippen molar-refractivity contribution < 1.29 is 9.53 Å². The zero-order valence-electron chi connectivity index (χ0n) is 15.9. The Morgan fingerprint density at radius 3 is 2.32 bits per heavy atom. The van der Waals surface area contributed by atoms with E-state index in [0.717, 1.165) is 63.2 Å². The number of ether oxygens (including phenoxy) is 1. The number of carbonyl (C=O) groups is 1. The minimum absolute atomic E-state index is 0.0781. The van der Waals surface area contributed by atoms with Crippen LogP contribution in [0.5, 0.6) is 0 Å². The van der Waals surface area contributed by atoms with Crippen LogP contribution in [-0.4, -0.2) is 12.1 Å². The molecule has 2 saturated carbocycles. The number of unbranched alkanes of at least 4 members (excludes halogenated alkanes) is 1. The zero-order chi connectivity index (χ0) is 17.9. The van der Waals surface area contributed by atoms with Crippen molar-refractivity contribution in [3.63, 3.8) is 0 Å². The Kier molecular flexibility index (Phi) is 9.08. The molecule has 0 N–H and O–H groups in total. The minimum Gasteiger partial charge on any atom is -0.462 e. The van der Waals surface area contributed by atoms with Crippen molar-refractivity contribution >= 4 is 5.97 Å². The molecule has 25 heavy (non-hydrogen) atoms. The van der Waals surface area contributed by atoms with E-state index in [9.17, 15) is 4.79 Å². The summed E-state index contributed by atoms with van der Waals surface area (Å²) in [5, 5.41) is 8.50. The molecule has 2 aliphatic carbocycles. The number of carbonyl (C=O) groups excluding carboxylic acids is 1. The van der Waals surface area contributed by atoms with Crippen LogP contribution < -0.4 is 0 Å². The summed E-state index contributed by atoms with van der Waals surface area (Å²) in [6.45, 7) is 2.25. The Morgan fingerprint density at radius 2 is 1.68 bits per heavy atom. The SMILES string of the molecule is CCCCC1CCC(C(=O)OC2CCC(CC/C=C/C#N)CC2)CC1. The molecule has 3 nitrogen and oxygen atoms in total. The summed E-state index contributed by atoms with van der Waals surface area (Å²) in [7, 11) is 0. The maximum absolute atomic E-state index is 12.5. The number of rotatable bonds is 8. The Hall–Kier alpha value is -1.30. The summed E-state index contributed by atoms with van der Waals surface area (Å²) < 4.78 is 5.84. The van der Waals surface area contributed by atoms with E-state index in [0.29, 0.717) is 0 Å². The summed E-state index contributed by atoms with van der Waals surface area (Å²) in [4.78, 5) is 12.5. The highest BCUT2D eigenvalue weighted by Crippen LogP contribution is 2.34. The van der Waals surface area contributed by atoms with Crippen molar-refractivity contribution in [2.24, 2.45) is 17.8 Å². The number of esters is 1. The van der Waals surface area contributed by atoms with Crippen molar-refractivity contribution in [1.82, 2.24) is 0 Å². The van der Waals surface area contributed by atoms with Crippen LogP contribution in [-0.2, 0) is 9.53 Å². The predicted octanol–water partition coefficient (Wildman–Crippen LogP) is 5.94. The molecule has 0 saturated heterocycles. The molecule has 2 aliphatic rings. The van der Waals surface area contributed by atoms with Crippen molar-refractivity contribution in [2.45, 2.75) is 96.5 Å². The molecule has 2 rings (SSSR count). The van der Waals surface area contributed by atoms with E-state index >= 15 is 0 Å². The average molecular weight is 346 g/mol. The Morgan fingerprint density at radius 1 is 1.04 bits per heavy atom. The summed E-state index contributed by atoms with van der Waals surface area (Å²) in [6, 6.07) is 2.04. The van der Waals surface area contributed by atoms with Crippen molar-refractivity contribution in [3.05, 3.63) is 12.2 Å². The van der Waals surface area contributed by atoms with Gasteiger partial charge in [0.25, 0.3) is 0 Å². The van der Waals surface area contributed by atoms with E-state index in [-0.39, 0.29) is 18.0 Å². The maximum atomic E-state index is 12.5. The molecule has 0 aromatic rings. The molecule has 0 spiro atoms. The number of allylic oxidation sites excluding steroid dienone is 2. The highest BCUT2D eigenvalue weighted by molar-refractivity contribution is 5.72. The fraction of sp³-hybridized carbons (Fsp3) is 0.818. The summed E-state index contributed by atoms with van der Waals surface area (Å²) in [5.74, 6) is 1.81. The van der Waals surface area contributed by atoms with E-state index < -0.39 is 0 Å². The molecule has 0 amide bonds. The van der Waals surface area contributed by atoms with E-state index in [1.165, 1.54) is 32.1 Å². The molecule has 0 aromatic heterocycles. The second-order valence-electron chi connectivity index (χ2n) is 8.05. The highest BCUT2D eigenvalue weighted by atomic mass is 16.5. The van der Waals surface area contributed by atoms with Gasteiger partial charge in [-0.05, 0) is 76.0 Å². The Labute approximate surface area is 153 Å². The van der Waals surface area contributed by atoms with Gasteiger partial charge in [0.1, 0.15) is 6.10 Å². The fourth-order valence-electron chi connectivity index (χ4n) is 4.45. The molecule has 0 bridgehead atoms. The minimum atomic E-state index is 0.0781. The first-order valence-corrected chi connectivity index (χ1v) is 10.5. The summed E-state index contributed by atoms with van der Waals surface area (Å²) in [5.41, 5.74) is 0. The number of hydrogen-bond donors (Lipinski definition) is 0.